The fraction of sp³-hybridized carbons (Fsp3) is 0.867. The minimum absolute atomic E-state index is 0.0132. The molecule has 4 nitrogen and oxygen atoms in total. The molecule has 0 aromatic heterocycles. The van der Waals surface area contributed by atoms with Gasteiger partial charge in [-0.25, -0.2) is 0 Å². The van der Waals surface area contributed by atoms with E-state index in [1.807, 2.05) is 18.7 Å². The molecule has 1 heterocycles. The zero-order chi connectivity index (χ0) is 14.6. The number of hydrogen-bond acceptors (Lipinski definition) is 2. The lowest BCUT2D eigenvalue weighted by Crippen LogP contribution is -2.66. The summed E-state index contributed by atoms with van der Waals surface area (Å²) >= 11 is 0. The maximum absolute atomic E-state index is 12.7. The van der Waals surface area contributed by atoms with Crippen LogP contribution in [0.5, 0.6) is 0 Å². The summed E-state index contributed by atoms with van der Waals surface area (Å²) in [4.78, 5) is 26.8. The Bertz CT molecular complexity index is 326. The Balaban J connectivity index is 3.05. The van der Waals surface area contributed by atoms with E-state index < -0.39 is 0 Å². The summed E-state index contributed by atoms with van der Waals surface area (Å²) in [5, 5.41) is 2.92. The SMILES string of the molecule is CCC(C)C1NC(=O)C(CC)N(C(CC)CC)C1=O. The number of rotatable bonds is 6. The molecule has 0 saturated carbocycles. The van der Waals surface area contributed by atoms with E-state index in [0.717, 1.165) is 19.3 Å². The van der Waals surface area contributed by atoms with Crippen LogP contribution in [0.25, 0.3) is 0 Å². The second-order valence-electron chi connectivity index (χ2n) is 5.51. The first-order chi connectivity index (χ1) is 9.01. The van der Waals surface area contributed by atoms with E-state index in [1.54, 1.807) is 0 Å². The van der Waals surface area contributed by atoms with Gasteiger partial charge in [0.25, 0.3) is 0 Å². The highest BCUT2D eigenvalue weighted by Gasteiger charge is 2.43. The Hall–Kier alpha value is -1.06. The van der Waals surface area contributed by atoms with Crippen molar-refractivity contribution >= 4 is 11.8 Å². The van der Waals surface area contributed by atoms with E-state index >= 15 is 0 Å². The van der Waals surface area contributed by atoms with Gasteiger partial charge in [-0.2, -0.15) is 0 Å². The molecule has 0 spiro atoms. The standard InChI is InChI=1S/C15H28N2O2/c1-6-10(5)13-15(19)17(11(7-2)8-3)12(9-4)14(18)16-13/h10-13H,6-9H2,1-5H3,(H,16,18). The molecule has 110 valence electrons. The Labute approximate surface area is 116 Å². The molecule has 0 aliphatic carbocycles. The van der Waals surface area contributed by atoms with Crippen molar-refractivity contribution in [3.8, 4) is 0 Å². The molecule has 1 fully saturated rings. The van der Waals surface area contributed by atoms with Gasteiger partial charge in [0.2, 0.25) is 11.8 Å². The Morgan fingerprint density at radius 1 is 1.11 bits per heavy atom. The van der Waals surface area contributed by atoms with E-state index in [0.29, 0.717) is 6.42 Å². The van der Waals surface area contributed by atoms with Crippen LogP contribution in [0.15, 0.2) is 0 Å². The highest BCUT2D eigenvalue weighted by Crippen LogP contribution is 2.24. The number of carbonyl (C=O) groups excluding carboxylic acids is 2. The average molecular weight is 268 g/mol. The number of nitrogens with one attached hydrogen (secondary N) is 1. The first-order valence-corrected chi connectivity index (χ1v) is 7.64. The topological polar surface area (TPSA) is 49.4 Å². The highest BCUT2D eigenvalue weighted by atomic mass is 16.2. The van der Waals surface area contributed by atoms with E-state index in [-0.39, 0.29) is 35.9 Å². The average Bonchev–Trinajstić information content (AvgIpc) is 2.42. The largest absolute Gasteiger partial charge is 0.342 e. The normalized spacial score (nSPS) is 25.7. The summed E-state index contributed by atoms with van der Waals surface area (Å²) in [6, 6.07) is -0.464. The second kappa shape index (κ2) is 6.92. The number of piperazine rings is 1. The maximum Gasteiger partial charge on any atom is 0.246 e. The zero-order valence-corrected chi connectivity index (χ0v) is 12.9. The fourth-order valence-electron chi connectivity index (χ4n) is 2.87. The Kier molecular flexibility index (Phi) is 5.83. The zero-order valence-electron chi connectivity index (χ0n) is 12.9. The fourth-order valence-corrected chi connectivity index (χ4v) is 2.87. The summed E-state index contributed by atoms with van der Waals surface area (Å²) in [5.74, 6) is 0.305. The molecule has 4 heteroatoms. The molecule has 3 unspecified atom stereocenters. The molecule has 1 rings (SSSR count). The Morgan fingerprint density at radius 2 is 1.68 bits per heavy atom. The minimum atomic E-state index is -0.346. The van der Waals surface area contributed by atoms with Crippen LogP contribution < -0.4 is 5.32 Å². The molecule has 0 aromatic carbocycles. The van der Waals surface area contributed by atoms with Crippen LogP contribution in [0.1, 0.15) is 60.3 Å². The van der Waals surface area contributed by atoms with Crippen LogP contribution >= 0.6 is 0 Å². The lowest BCUT2D eigenvalue weighted by atomic mass is 9.91. The van der Waals surface area contributed by atoms with Gasteiger partial charge in [-0.15, -0.1) is 0 Å². The van der Waals surface area contributed by atoms with Crippen LogP contribution in [0, 0.1) is 5.92 Å². The van der Waals surface area contributed by atoms with Gasteiger partial charge < -0.3 is 10.2 Å². The van der Waals surface area contributed by atoms with Crippen LogP contribution in [0.2, 0.25) is 0 Å². The summed E-state index contributed by atoms with van der Waals surface area (Å²) in [7, 11) is 0. The summed E-state index contributed by atoms with van der Waals surface area (Å²) in [6.45, 7) is 10.2. The highest BCUT2D eigenvalue weighted by molar-refractivity contribution is 5.97. The van der Waals surface area contributed by atoms with Gasteiger partial charge in [0.1, 0.15) is 12.1 Å². The van der Waals surface area contributed by atoms with Crippen molar-refractivity contribution in [2.24, 2.45) is 5.92 Å². The predicted molar refractivity (Wildman–Crippen MR) is 76.7 cm³/mol. The molecule has 2 amide bonds. The van der Waals surface area contributed by atoms with Crippen molar-refractivity contribution in [2.75, 3.05) is 0 Å². The molecule has 1 aliphatic rings. The molecule has 0 aromatic rings. The molecular weight excluding hydrogens is 240 g/mol. The van der Waals surface area contributed by atoms with Crippen LogP contribution in [0.3, 0.4) is 0 Å². The smallest absolute Gasteiger partial charge is 0.246 e. The third kappa shape index (κ3) is 3.10. The van der Waals surface area contributed by atoms with E-state index in [2.05, 4.69) is 26.1 Å². The molecule has 1 aliphatic heterocycles. The first-order valence-electron chi connectivity index (χ1n) is 7.64. The van der Waals surface area contributed by atoms with Crippen molar-refractivity contribution in [1.82, 2.24) is 10.2 Å². The van der Waals surface area contributed by atoms with Gasteiger partial charge in [-0.3, -0.25) is 9.59 Å². The number of nitrogens with zero attached hydrogens (tertiary/aromatic N) is 1. The Morgan fingerprint density at radius 3 is 2.11 bits per heavy atom. The number of hydrogen-bond donors (Lipinski definition) is 1. The van der Waals surface area contributed by atoms with Crippen molar-refractivity contribution in [3.63, 3.8) is 0 Å². The molecule has 1 N–H and O–H groups in total. The maximum atomic E-state index is 12.7. The van der Waals surface area contributed by atoms with Crippen LogP contribution in [-0.2, 0) is 9.59 Å². The van der Waals surface area contributed by atoms with Crippen molar-refractivity contribution in [2.45, 2.75) is 78.4 Å². The third-order valence-corrected chi connectivity index (χ3v) is 4.39. The van der Waals surface area contributed by atoms with Crippen molar-refractivity contribution in [3.05, 3.63) is 0 Å². The quantitative estimate of drug-likeness (QED) is 0.803. The van der Waals surface area contributed by atoms with E-state index in [9.17, 15) is 9.59 Å². The summed E-state index contributed by atoms with van der Waals surface area (Å²) < 4.78 is 0. The lowest BCUT2D eigenvalue weighted by molar-refractivity contribution is -0.154. The minimum Gasteiger partial charge on any atom is -0.342 e. The lowest BCUT2D eigenvalue weighted by Gasteiger charge is -2.44. The van der Waals surface area contributed by atoms with E-state index in [1.165, 1.54) is 0 Å². The third-order valence-electron chi connectivity index (χ3n) is 4.39. The predicted octanol–water partition coefficient (Wildman–Crippen LogP) is 2.33. The molecular formula is C15H28N2O2. The molecule has 0 bridgehead atoms. The first kappa shape index (κ1) is 16.0. The van der Waals surface area contributed by atoms with Gasteiger partial charge in [-0.1, -0.05) is 41.0 Å². The van der Waals surface area contributed by atoms with Gasteiger partial charge in [0.15, 0.2) is 0 Å². The molecule has 1 saturated heterocycles. The van der Waals surface area contributed by atoms with Crippen molar-refractivity contribution < 1.29 is 9.59 Å². The van der Waals surface area contributed by atoms with Crippen LogP contribution in [0.4, 0.5) is 0 Å². The summed E-state index contributed by atoms with van der Waals surface area (Å²) in [6.07, 6.45) is 3.38. The molecule has 3 atom stereocenters. The van der Waals surface area contributed by atoms with E-state index in [4.69, 9.17) is 0 Å². The molecule has 0 radical (unpaired) electrons. The van der Waals surface area contributed by atoms with Gasteiger partial charge in [0.05, 0.1) is 0 Å². The van der Waals surface area contributed by atoms with Gasteiger partial charge in [0, 0.05) is 6.04 Å². The second-order valence-corrected chi connectivity index (χ2v) is 5.51. The van der Waals surface area contributed by atoms with Gasteiger partial charge in [-0.05, 0) is 25.2 Å². The van der Waals surface area contributed by atoms with Crippen LogP contribution in [-0.4, -0.2) is 34.8 Å². The number of amides is 2. The number of carbonyl (C=O) groups is 2. The summed E-state index contributed by atoms with van der Waals surface area (Å²) in [5.41, 5.74) is 0. The monoisotopic (exact) mass is 268 g/mol. The van der Waals surface area contributed by atoms with Gasteiger partial charge >= 0.3 is 0 Å². The van der Waals surface area contributed by atoms with Crippen molar-refractivity contribution in [1.29, 1.82) is 0 Å². The molecule has 19 heavy (non-hydrogen) atoms.